The van der Waals surface area contributed by atoms with E-state index in [-0.39, 0.29) is 86.4 Å². The van der Waals surface area contributed by atoms with Crippen LogP contribution >= 0.6 is 47.0 Å². The third kappa shape index (κ3) is 15.7. The predicted octanol–water partition coefficient (Wildman–Crippen LogP) is 4.92. The molecule has 2 fully saturated rings. The second kappa shape index (κ2) is 26.6. The highest BCUT2D eigenvalue weighted by atomic mass is 32.2. The van der Waals surface area contributed by atoms with Gasteiger partial charge in [-0.3, -0.25) is 48.2 Å². The number of amides is 3. The highest BCUT2D eigenvalue weighted by Gasteiger charge is 2.56. The van der Waals surface area contributed by atoms with Gasteiger partial charge in [0.15, 0.2) is 34.6 Å². The Balaban J connectivity index is 0.000000264. The van der Waals surface area contributed by atoms with E-state index in [1.165, 1.54) is 51.5 Å². The molecular weight excluding hydrogens is 1060 g/mol. The van der Waals surface area contributed by atoms with Gasteiger partial charge in [0, 0.05) is 42.8 Å². The van der Waals surface area contributed by atoms with Gasteiger partial charge in [0.1, 0.15) is 56.7 Å². The molecule has 3 amide bonds. The number of β-lactam (4-membered cyclic amide) rings is 2. The number of carbonyl (C=O) groups excluding carboxylic acids is 9. The summed E-state index contributed by atoms with van der Waals surface area (Å²) in [4.78, 5) is 136. The number of ketones is 3. The van der Waals surface area contributed by atoms with Crippen molar-refractivity contribution in [2.45, 2.75) is 95.7 Å². The number of carboxylic acid groups (broad SMARTS) is 1. The van der Waals surface area contributed by atoms with E-state index in [1.807, 2.05) is 19.6 Å². The smallest absolute Gasteiger partial charge is 0.352 e. The van der Waals surface area contributed by atoms with Crippen LogP contribution in [0.15, 0.2) is 78.5 Å². The molecule has 4 atom stereocenters. The zero-order valence-electron chi connectivity index (χ0n) is 42.0. The minimum atomic E-state index is -2.15. The molecule has 2 aromatic heterocycles. The first-order chi connectivity index (χ1) is 34.3. The molecule has 0 saturated carbocycles. The maximum atomic E-state index is 13.1. The monoisotopic (exact) mass is 1120 g/mol. The summed E-state index contributed by atoms with van der Waals surface area (Å²) in [7, 11) is -1.34. The van der Waals surface area contributed by atoms with Gasteiger partial charge in [0.05, 0.1) is 12.5 Å². The number of nitrogens with one attached hydrogen (secondary N) is 2. The third-order valence-electron chi connectivity index (χ3n) is 10.0. The number of fused-ring (bicyclic) bond motifs is 2. The molecule has 0 aliphatic carbocycles. The van der Waals surface area contributed by atoms with Crippen molar-refractivity contribution < 1.29 is 76.0 Å². The summed E-state index contributed by atoms with van der Waals surface area (Å²) in [6, 6.07) is 5.05. The molecular formula is C45H58N6O16S4Si2. The number of hydrogen-bond acceptors (Lipinski definition) is 22. The summed E-state index contributed by atoms with van der Waals surface area (Å²) in [6.07, 6.45) is 3.10. The summed E-state index contributed by atoms with van der Waals surface area (Å²) in [5.74, 6) is -2.97. The van der Waals surface area contributed by atoms with E-state index < -0.39 is 63.2 Å². The van der Waals surface area contributed by atoms with Crippen LogP contribution in [0.3, 0.4) is 0 Å². The Morgan fingerprint density at radius 1 is 0.740 bits per heavy atom. The number of hydrogen-bond donors (Lipinski definition) is 3. The number of Topliss-reactive ketones (excluding diaryl/α,β-unsaturated/α-hetero) is 3. The molecule has 2 aromatic rings. The molecule has 0 radical (unpaired) electrons. The lowest BCUT2D eigenvalue weighted by Gasteiger charge is -2.51. The highest BCUT2D eigenvalue weighted by molar-refractivity contribution is 8.14. The molecule has 396 valence electrons. The van der Waals surface area contributed by atoms with Gasteiger partial charge in [-0.25, -0.2) is 9.59 Å². The highest BCUT2D eigenvalue weighted by Crippen LogP contribution is 2.43. The molecule has 6 heterocycles. The van der Waals surface area contributed by atoms with Crippen LogP contribution < -0.4 is 10.3 Å². The van der Waals surface area contributed by atoms with Crippen LogP contribution in [-0.2, 0) is 52.5 Å². The van der Waals surface area contributed by atoms with Crippen LogP contribution in [-0.4, -0.2) is 160 Å². The van der Waals surface area contributed by atoms with E-state index in [2.05, 4.69) is 49.9 Å². The van der Waals surface area contributed by atoms with Crippen LogP contribution in [0.2, 0.25) is 39.3 Å². The van der Waals surface area contributed by atoms with E-state index in [0.717, 1.165) is 34.0 Å². The van der Waals surface area contributed by atoms with E-state index >= 15 is 0 Å². The molecule has 22 nitrogen and oxygen atoms in total. The van der Waals surface area contributed by atoms with Crippen molar-refractivity contribution in [1.29, 1.82) is 0 Å². The Labute approximate surface area is 440 Å². The summed E-state index contributed by atoms with van der Waals surface area (Å²) in [5, 5.41) is 17.5. The standard InChI is InChI=1S/C19H19N3O8S2.C19H28N2O5S2Si2.C7H11NO3/c1-3-10(23)12(21-29-2)15(24)20-13-16(25)22-14(18(26)27)9(7-31-17(13)22)8-32-19(28)11-5-4-6-30-11;1-29(2,3)20-14-16(22)21-15(18(23)26-30(4,5)6)12(10-27-17(14)21)11-28-19(24)13-8-7-9-25-13;1-4-6(10)7(5(2)9)8-11-3/h4-6,13,17H,3,7-8H2,1-2H3,(H,20,24)(H,26,27);7-9,14,17,20H,10-11H2,1-6H3;4H2,1-3H3/b21-12-;;8-7+/t13-,17-;14-,17-;/m11./s1. The van der Waals surface area contributed by atoms with Crippen LogP contribution in [0, 0.1) is 0 Å². The Hall–Kier alpha value is -5.53. The van der Waals surface area contributed by atoms with Gasteiger partial charge in [0.2, 0.25) is 19.9 Å². The number of carboxylic acids is 1. The Kier molecular flexibility index (Phi) is 21.9. The molecule has 0 aromatic carbocycles. The minimum absolute atomic E-state index is 0.0161. The van der Waals surface area contributed by atoms with E-state index in [9.17, 15) is 53.1 Å². The second-order valence-corrected chi connectivity index (χ2v) is 31.1. The molecule has 0 bridgehead atoms. The topological polar surface area (TPSA) is 300 Å². The van der Waals surface area contributed by atoms with Gasteiger partial charge < -0.3 is 38.3 Å². The van der Waals surface area contributed by atoms with Crippen LogP contribution in [0.1, 0.15) is 54.7 Å². The number of furan rings is 2. The second-order valence-electron chi connectivity index (χ2n) is 17.8. The number of thioether (sulfide) groups is 4. The Bertz CT molecular complexity index is 2590. The SMILES string of the molecule is CCC(=O)/C(=N/OC)C(=O)N[C@@H]1C(=O)N2C(C(=O)O)=C(CSC(=O)c3ccco3)CS[C@H]12.CCC(=O)/C(=N/OC)C(C)=O.C[Si](C)(C)N[C@@H]1C(=O)N2C(C(=O)O[Si](C)(C)C)=C(CSC(=O)c3ccco3)CS[C@H]12. The van der Waals surface area contributed by atoms with Gasteiger partial charge in [0.25, 0.3) is 22.0 Å². The third-order valence-corrected chi connectivity index (χ3v) is 16.6. The molecule has 28 heteroatoms. The lowest BCUT2D eigenvalue weighted by atomic mass is 10.0. The summed E-state index contributed by atoms with van der Waals surface area (Å²) < 4.78 is 15.9. The number of oxime groups is 2. The minimum Gasteiger partial charge on any atom is -0.515 e. The van der Waals surface area contributed by atoms with Gasteiger partial charge >= 0.3 is 11.9 Å². The predicted molar refractivity (Wildman–Crippen MR) is 281 cm³/mol. The zero-order chi connectivity index (χ0) is 54.5. The number of rotatable bonds is 20. The summed E-state index contributed by atoms with van der Waals surface area (Å²) in [5.41, 5.74) is 0.687. The van der Waals surface area contributed by atoms with E-state index in [1.54, 1.807) is 48.7 Å². The Morgan fingerprint density at radius 3 is 1.62 bits per heavy atom. The van der Waals surface area contributed by atoms with Crippen LogP contribution in [0.5, 0.6) is 0 Å². The number of nitrogens with zero attached hydrogens (tertiary/aromatic N) is 4. The number of carbonyl (C=O) groups is 10. The lowest BCUT2D eigenvalue weighted by Crippen LogP contribution is -2.73. The normalized spacial score (nSPS) is 19.6. The van der Waals surface area contributed by atoms with Crippen molar-refractivity contribution in [2.24, 2.45) is 10.3 Å². The quantitative estimate of drug-likeness (QED) is 0.0521. The zero-order valence-corrected chi connectivity index (χ0v) is 47.3. The molecule has 6 rings (SSSR count). The average molecular weight is 1120 g/mol. The lowest BCUT2D eigenvalue weighted by molar-refractivity contribution is -0.150. The van der Waals surface area contributed by atoms with Crippen molar-refractivity contribution in [3.63, 3.8) is 0 Å². The summed E-state index contributed by atoms with van der Waals surface area (Å²) in [6.45, 7) is 16.7. The molecule has 4 aliphatic heterocycles. The molecule has 4 aliphatic rings. The molecule has 3 N–H and O–H groups in total. The van der Waals surface area contributed by atoms with Crippen molar-refractivity contribution in [3.05, 3.63) is 70.9 Å². The van der Waals surface area contributed by atoms with Crippen LogP contribution in [0.4, 0.5) is 0 Å². The largest absolute Gasteiger partial charge is 0.515 e. The van der Waals surface area contributed by atoms with Crippen molar-refractivity contribution in [3.8, 4) is 0 Å². The fraction of sp³-hybridized carbons (Fsp3) is 0.467. The van der Waals surface area contributed by atoms with Crippen molar-refractivity contribution in [1.82, 2.24) is 20.1 Å². The van der Waals surface area contributed by atoms with Crippen molar-refractivity contribution >= 4 is 132 Å². The molecule has 73 heavy (non-hydrogen) atoms. The maximum Gasteiger partial charge on any atom is 0.352 e. The average Bonchev–Trinajstić information content (AvgIpc) is 4.09. The van der Waals surface area contributed by atoms with Gasteiger partial charge in [-0.1, -0.05) is 67.3 Å². The fourth-order valence-electron chi connectivity index (χ4n) is 6.86. The first-order valence-electron chi connectivity index (χ1n) is 22.4. The molecule has 2 saturated heterocycles. The maximum absolute atomic E-state index is 13.1. The summed E-state index contributed by atoms with van der Waals surface area (Å²) >= 11 is 4.82. The Morgan fingerprint density at radius 2 is 1.19 bits per heavy atom. The van der Waals surface area contributed by atoms with Gasteiger partial charge in [-0.2, -0.15) is 0 Å². The molecule has 0 spiro atoms. The van der Waals surface area contributed by atoms with E-state index in [4.69, 9.17) is 13.3 Å². The van der Waals surface area contributed by atoms with Crippen LogP contribution in [0.25, 0.3) is 0 Å². The first kappa shape index (κ1) is 60.0. The number of aliphatic carboxylic acids is 1. The first-order valence-corrected chi connectivity index (χ1v) is 33.4. The van der Waals surface area contributed by atoms with E-state index in [0.29, 0.717) is 22.8 Å². The van der Waals surface area contributed by atoms with Gasteiger partial charge in [-0.15, -0.1) is 23.5 Å². The fourth-order valence-corrected chi connectivity index (χ4v) is 13.4. The molecule has 0 unspecified atom stereocenters. The van der Waals surface area contributed by atoms with Crippen molar-refractivity contribution in [2.75, 3.05) is 37.2 Å². The van der Waals surface area contributed by atoms with Gasteiger partial charge in [-0.05, 0) is 55.1 Å².